The zero-order valence-corrected chi connectivity index (χ0v) is 61.6. The van der Waals surface area contributed by atoms with Crippen molar-refractivity contribution in [2.75, 3.05) is 119 Å². The first-order valence-electron chi connectivity index (χ1n) is 37.8. The molecule has 594 valence electrons. The summed E-state index contributed by atoms with van der Waals surface area (Å²) in [6.07, 6.45) is 0.480. The van der Waals surface area contributed by atoms with Crippen LogP contribution in [0.4, 0.5) is 0 Å². The number of ketones is 5. The van der Waals surface area contributed by atoms with Gasteiger partial charge in [-0.3, -0.25) is 33.6 Å². The molecule has 102 heavy (non-hydrogen) atoms. The fourth-order valence-corrected chi connectivity index (χ4v) is 12.1. The Kier molecular flexibility index (Phi) is 50.8. The van der Waals surface area contributed by atoms with Crippen molar-refractivity contribution in [2.45, 2.75) is 281 Å². The van der Waals surface area contributed by atoms with Crippen LogP contribution in [0.1, 0.15) is 207 Å². The van der Waals surface area contributed by atoms with E-state index in [1.165, 1.54) is 0 Å². The largest absolute Gasteiger partial charge is 0.394 e. The van der Waals surface area contributed by atoms with E-state index in [9.17, 15) is 79.5 Å². The van der Waals surface area contributed by atoms with E-state index in [1.54, 1.807) is 20.8 Å². The molecule has 0 spiro atoms. The highest BCUT2D eigenvalue weighted by Gasteiger charge is 2.45. The second-order valence-corrected chi connectivity index (χ2v) is 27.8. The van der Waals surface area contributed by atoms with Crippen LogP contribution in [0.25, 0.3) is 0 Å². The smallest absolute Gasteiger partial charge is 0.222 e. The summed E-state index contributed by atoms with van der Waals surface area (Å²) in [4.78, 5) is 91.0. The van der Waals surface area contributed by atoms with Crippen LogP contribution < -0.4 is 10.6 Å². The van der Waals surface area contributed by atoms with Crippen molar-refractivity contribution in [2.24, 2.45) is 23.2 Å². The van der Waals surface area contributed by atoms with E-state index in [0.29, 0.717) is 161 Å². The molecule has 0 aromatic carbocycles. The lowest BCUT2D eigenvalue weighted by molar-refractivity contribution is -0.282. The highest BCUT2D eigenvalue weighted by Crippen LogP contribution is 2.31. The second kappa shape index (κ2) is 55.8. The highest BCUT2D eigenvalue weighted by molar-refractivity contribution is 5.80. The molecule has 3 rings (SSSR count). The van der Waals surface area contributed by atoms with Crippen molar-refractivity contribution in [3.8, 4) is 0 Å². The minimum atomic E-state index is -1.22. The van der Waals surface area contributed by atoms with Crippen LogP contribution >= 0.6 is 0 Å². The van der Waals surface area contributed by atoms with Crippen LogP contribution in [0.2, 0.25) is 0 Å². The zero-order valence-electron chi connectivity index (χ0n) is 61.6. The van der Waals surface area contributed by atoms with E-state index >= 15 is 0 Å². The van der Waals surface area contributed by atoms with Crippen LogP contribution in [0.5, 0.6) is 0 Å². The molecular formula is C73H130N2O27. The molecular weight excluding hydrogens is 1340 g/mol. The first-order valence-corrected chi connectivity index (χ1v) is 37.8. The highest BCUT2D eigenvalue weighted by atomic mass is 16.7. The number of aliphatic hydroxyl groups excluding tert-OH is 9. The molecule has 3 aliphatic rings. The van der Waals surface area contributed by atoms with Gasteiger partial charge in [0.05, 0.1) is 91.0 Å². The van der Waals surface area contributed by atoms with Gasteiger partial charge in [-0.05, 0) is 83.5 Å². The minimum Gasteiger partial charge on any atom is -0.394 e. The molecule has 0 saturated carbocycles. The van der Waals surface area contributed by atoms with Gasteiger partial charge in [0.2, 0.25) is 11.8 Å². The Hall–Kier alpha value is -3.51. The third-order valence-corrected chi connectivity index (χ3v) is 18.8. The predicted molar refractivity (Wildman–Crippen MR) is 371 cm³/mol. The Morgan fingerprint density at radius 3 is 1.03 bits per heavy atom. The molecule has 0 aromatic heterocycles. The Morgan fingerprint density at radius 1 is 0.333 bits per heavy atom. The number of rotatable bonds is 64. The number of hydrogen-bond donors (Lipinski definition) is 11. The van der Waals surface area contributed by atoms with E-state index < -0.39 is 117 Å². The van der Waals surface area contributed by atoms with Gasteiger partial charge in [0, 0.05) is 146 Å². The van der Waals surface area contributed by atoms with Crippen LogP contribution in [0.3, 0.4) is 0 Å². The lowest BCUT2D eigenvalue weighted by Crippen LogP contribution is -2.55. The zero-order chi connectivity index (χ0) is 74.9. The summed E-state index contributed by atoms with van der Waals surface area (Å²) < 4.78 is 63.9. The van der Waals surface area contributed by atoms with Gasteiger partial charge < -0.3 is 109 Å². The molecule has 0 aliphatic carbocycles. The molecule has 3 saturated heterocycles. The number of carbonyl (C=O) groups excluding carboxylic acids is 7. The summed E-state index contributed by atoms with van der Waals surface area (Å²) in [5.41, 5.74) is -1.08. The Bertz CT molecular complexity index is 2050. The quantitative estimate of drug-likeness (QED) is 0.0389. The average Bonchev–Trinajstić information content (AvgIpc) is 0.840. The monoisotopic (exact) mass is 1470 g/mol. The van der Waals surface area contributed by atoms with Crippen LogP contribution in [0.15, 0.2) is 0 Å². The molecule has 0 bridgehead atoms. The Balaban J connectivity index is 1.50. The van der Waals surface area contributed by atoms with E-state index in [0.717, 1.165) is 12.8 Å². The molecule has 0 radical (unpaired) electrons. The van der Waals surface area contributed by atoms with E-state index in [4.69, 9.17) is 52.1 Å². The van der Waals surface area contributed by atoms with Crippen molar-refractivity contribution < 1.29 is 132 Å². The lowest BCUT2D eigenvalue weighted by atomic mass is 9.84. The SMILES string of the molecule is CCCCOCCOCCCC(=O)CC(COCCC(=O)CCCCCC(=O)CCCCOC1OC(CO)C(O)C(O)C1C)(COCCC(=O)CCCCCC(=O)CCCCOC1OC(CO)C(O)C(O)C1C)COCCC(=O)NCCCNC(=O)CCCCOC1OC(CO)C(O)C(O)C1C. The maximum absolute atomic E-state index is 13.9. The van der Waals surface area contributed by atoms with E-state index in [1.807, 2.05) is 0 Å². The molecule has 29 nitrogen and oxygen atoms in total. The van der Waals surface area contributed by atoms with Crippen molar-refractivity contribution in [3.63, 3.8) is 0 Å². The van der Waals surface area contributed by atoms with Gasteiger partial charge in [0.25, 0.3) is 0 Å². The molecule has 3 fully saturated rings. The van der Waals surface area contributed by atoms with Gasteiger partial charge in [-0.15, -0.1) is 0 Å². The van der Waals surface area contributed by atoms with Crippen molar-refractivity contribution in [3.05, 3.63) is 0 Å². The summed E-state index contributed by atoms with van der Waals surface area (Å²) >= 11 is 0. The van der Waals surface area contributed by atoms with Crippen molar-refractivity contribution in [1.29, 1.82) is 0 Å². The van der Waals surface area contributed by atoms with Gasteiger partial charge in [0.15, 0.2) is 18.9 Å². The van der Waals surface area contributed by atoms with Crippen molar-refractivity contribution >= 4 is 40.7 Å². The van der Waals surface area contributed by atoms with Gasteiger partial charge in [0.1, 0.15) is 65.5 Å². The predicted octanol–water partition coefficient (Wildman–Crippen LogP) is 3.35. The third kappa shape index (κ3) is 38.8. The molecule has 3 aliphatic heterocycles. The van der Waals surface area contributed by atoms with Gasteiger partial charge >= 0.3 is 0 Å². The van der Waals surface area contributed by atoms with E-state index in [2.05, 4.69) is 17.6 Å². The van der Waals surface area contributed by atoms with Crippen LogP contribution in [-0.2, 0) is 85.7 Å². The van der Waals surface area contributed by atoms with Crippen LogP contribution in [-0.4, -0.2) is 279 Å². The average molecular weight is 1470 g/mol. The number of ether oxygens (including phenoxy) is 11. The molecule has 29 heteroatoms. The van der Waals surface area contributed by atoms with E-state index in [-0.39, 0.29) is 145 Å². The fraction of sp³-hybridized carbons (Fsp3) is 0.904. The number of amides is 2. The standard InChI is InChI=1S/C73H130N2O27/c1-5-6-34-92-42-43-93-35-19-27-58(83)44-73(48-94-39-29-56(81)23-11-7-9-21-54(79)25-13-16-36-97-70-51(2)64(86)67(89)59(45-76)100-70,49-95-40-30-57(82)24-12-8-10-22-55(80)26-14-17-37-98-71-52(3)65(87)68(90)60(46-77)101-71)50-96-41-31-63(85)75-33-20-32-74-62(84)28-15-18-38-99-72-53(4)66(88)69(91)61(47-78)102-72/h51-53,59-61,64-72,76-78,86-91H,5-50H2,1-4H3,(H,74,84)(H,75,85). The second-order valence-electron chi connectivity index (χ2n) is 27.8. The summed E-state index contributed by atoms with van der Waals surface area (Å²) in [6.45, 7) is 8.91. The molecule has 11 N–H and O–H groups in total. The summed E-state index contributed by atoms with van der Waals surface area (Å²) in [7, 11) is 0. The lowest BCUT2D eigenvalue weighted by Gasteiger charge is -2.40. The van der Waals surface area contributed by atoms with Gasteiger partial charge in [-0.2, -0.15) is 0 Å². The third-order valence-electron chi connectivity index (χ3n) is 18.8. The Labute approximate surface area is 604 Å². The van der Waals surface area contributed by atoms with Crippen molar-refractivity contribution in [1.82, 2.24) is 10.6 Å². The summed E-state index contributed by atoms with van der Waals surface area (Å²) in [6, 6.07) is 0. The summed E-state index contributed by atoms with van der Waals surface area (Å²) in [5.74, 6) is -1.95. The molecule has 15 atom stereocenters. The van der Waals surface area contributed by atoms with Gasteiger partial charge in [-0.1, -0.05) is 47.0 Å². The maximum Gasteiger partial charge on any atom is 0.222 e. The number of nitrogens with one attached hydrogen (secondary N) is 2. The number of aliphatic hydroxyl groups is 9. The number of unbranched alkanes of at least 4 members (excludes halogenated alkanes) is 8. The maximum atomic E-state index is 13.9. The number of hydrogen-bond acceptors (Lipinski definition) is 27. The molecule has 3 heterocycles. The minimum absolute atomic E-state index is 0.0187. The number of carbonyl (C=O) groups is 7. The molecule has 15 unspecified atom stereocenters. The Morgan fingerprint density at radius 2 is 0.657 bits per heavy atom. The first kappa shape index (κ1) is 92.7. The normalized spacial score (nSPS) is 25.8. The topological polar surface area (TPSA) is 427 Å². The number of Topliss-reactive ketones (excluding diaryl/α,β-unsaturated/α-hetero) is 5. The van der Waals surface area contributed by atoms with Crippen LogP contribution in [0, 0.1) is 23.2 Å². The fourth-order valence-electron chi connectivity index (χ4n) is 12.1. The molecule has 2 amide bonds. The molecule has 0 aromatic rings. The van der Waals surface area contributed by atoms with Gasteiger partial charge in [-0.25, -0.2) is 0 Å². The first-order chi connectivity index (χ1) is 49.1. The summed E-state index contributed by atoms with van der Waals surface area (Å²) in [5, 5.41) is 95.2.